The molecule has 1 aromatic carbocycles. The lowest BCUT2D eigenvalue weighted by molar-refractivity contribution is 0.332. The second-order valence-electron chi connectivity index (χ2n) is 4.19. The van der Waals surface area contributed by atoms with Crippen molar-refractivity contribution in [3.63, 3.8) is 0 Å². The average Bonchev–Trinajstić information content (AvgIpc) is 2.26. The van der Waals surface area contributed by atoms with Crippen molar-refractivity contribution in [1.82, 2.24) is 0 Å². The van der Waals surface area contributed by atoms with Crippen LogP contribution in [0, 0.1) is 5.82 Å². The Labute approximate surface area is 106 Å². The van der Waals surface area contributed by atoms with Gasteiger partial charge in [-0.15, -0.1) is 0 Å². The van der Waals surface area contributed by atoms with Crippen molar-refractivity contribution in [3.05, 3.63) is 40.7 Å². The number of rotatable bonds is 5. The molecule has 0 aliphatic heterocycles. The minimum Gasteiger partial charge on any atom is -0.486 e. The molecular weight excluding hydrogens is 241 g/mol. The van der Waals surface area contributed by atoms with Crippen LogP contribution in [0.3, 0.4) is 0 Å². The molecule has 0 aromatic heterocycles. The molecule has 0 aliphatic carbocycles. The summed E-state index contributed by atoms with van der Waals surface area (Å²) >= 11 is 5.49. The van der Waals surface area contributed by atoms with Gasteiger partial charge in [0, 0.05) is 11.6 Å². The van der Waals surface area contributed by atoms with Crippen LogP contribution in [0.5, 0.6) is 5.75 Å². The number of halogens is 2. The van der Waals surface area contributed by atoms with Crippen molar-refractivity contribution >= 4 is 11.6 Å². The lowest BCUT2D eigenvalue weighted by Gasteiger charge is -2.10. The molecule has 1 aromatic rings. The van der Waals surface area contributed by atoms with Crippen LogP contribution in [0.15, 0.2) is 29.3 Å². The van der Waals surface area contributed by atoms with Crippen LogP contribution in [0.2, 0.25) is 0 Å². The third-order valence-electron chi connectivity index (χ3n) is 2.20. The standard InChI is InChI=1S/C13H17ClFNO/c1-9(7-14)8-17-13-4-3-11(5-10(2)16)6-12(13)15/h3-4,6-7,10H,5,8,16H2,1-2H3/b9-7+. The summed E-state index contributed by atoms with van der Waals surface area (Å²) in [6.07, 6.45) is 0.651. The average molecular weight is 258 g/mol. The van der Waals surface area contributed by atoms with Gasteiger partial charge in [0.2, 0.25) is 0 Å². The monoisotopic (exact) mass is 257 g/mol. The van der Waals surface area contributed by atoms with Crippen LogP contribution in [-0.4, -0.2) is 12.6 Å². The fraction of sp³-hybridized carbons (Fsp3) is 0.385. The Balaban J connectivity index is 2.69. The molecule has 94 valence electrons. The summed E-state index contributed by atoms with van der Waals surface area (Å²) in [6.45, 7) is 3.99. The molecule has 0 spiro atoms. The topological polar surface area (TPSA) is 35.2 Å². The second kappa shape index (κ2) is 6.62. The number of benzene rings is 1. The van der Waals surface area contributed by atoms with E-state index in [-0.39, 0.29) is 24.2 Å². The van der Waals surface area contributed by atoms with Gasteiger partial charge < -0.3 is 10.5 Å². The van der Waals surface area contributed by atoms with E-state index in [0.717, 1.165) is 11.1 Å². The fourth-order valence-electron chi connectivity index (χ4n) is 1.38. The van der Waals surface area contributed by atoms with Gasteiger partial charge in [0.25, 0.3) is 0 Å². The Morgan fingerprint density at radius 3 is 2.82 bits per heavy atom. The molecule has 1 rings (SSSR count). The van der Waals surface area contributed by atoms with E-state index < -0.39 is 0 Å². The Hall–Kier alpha value is -1.06. The molecule has 1 unspecified atom stereocenters. The molecule has 0 bridgehead atoms. The molecule has 4 heteroatoms. The summed E-state index contributed by atoms with van der Waals surface area (Å²) < 4.78 is 18.9. The third kappa shape index (κ3) is 4.75. The van der Waals surface area contributed by atoms with Crippen molar-refractivity contribution in [3.8, 4) is 5.75 Å². The van der Waals surface area contributed by atoms with E-state index in [2.05, 4.69) is 0 Å². The number of nitrogens with two attached hydrogens (primary N) is 1. The molecule has 17 heavy (non-hydrogen) atoms. The van der Waals surface area contributed by atoms with Gasteiger partial charge in [0.15, 0.2) is 11.6 Å². The minimum atomic E-state index is -0.370. The van der Waals surface area contributed by atoms with E-state index >= 15 is 0 Å². The molecular formula is C13H17ClFNO. The smallest absolute Gasteiger partial charge is 0.165 e. The first-order chi connectivity index (χ1) is 8.02. The fourth-order valence-corrected chi connectivity index (χ4v) is 1.45. The summed E-state index contributed by atoms with van der Waals surface area (Å²) in [5.41, 5.74) is 8.78. The minimum absolute atomic E-state index is 0.0163. The Bertz CT molecular complexity index is 404. The summed E-state index contributed by atoms with van der Waals surface area (Å²) in [5.74, 6) is -0.137. The highest BCUT2D eigenvalue weighted by Crippen LogP contribution is 2.19. The molecule has 0 saturated carbocycles. The highest BCUT2D eigenvalue weighted by molar-refractivity contribution is 6.25. The van der Waals surface area contributed by atoms with Crippen LogP contribution in [0.4, 0.5) is 4.39 Å². The maximum atomic E-state index is 13.6. The molecule has 0 aliphatic rings. The lowest BCUT2D eigenvalue weighted by atomic mass is 10.1. The largest absolute Gasteiger partial charge is 0.486 e. The van der Waals surface area contributed by atoms with Gasteiger partial charge in [0.1, 0.15) is 6.61 Å². The summed E-state index contributed by atoms with van der Waals surface area (Å²) in [4.78, 5) is 0. The van der Waals surface area contributed by atoms with Gasteiger partial charge >= 0.3 is 0 Å². The molecule has 0 amide bonds. The highest BCUT2D eigenvalue weighted by Gasteiger charge is 2.06. The summed E-state index contributed by atoms with van der Waals surface area (Å²) in [6, 6.07) is 4.91. The first-order valence-electron chi connectivity index (χ1n) is 5.45. The van der Waals surface area contributed by atoms with Gasteiger partial charge in [0.05, 0.1) is 0 Å². The molecule has 0 heterocycles. The van der Waals surface area contributed by atoms with Crippen molar-refractivity contribution in [2.24, 2.45) is 5.73 Å². The van der Waals surface area contributed by atoms with Crippen molar-refractivity contribution in [2.75, 3.05) is 6.61 Å². The normalized spacial score (nSPS) is 13.6. The van der Waals surface area contributed by atoms with E-state index in [1.54, 1.807) is 6.07 Å². The SMILES string of the molecule is C/C(=C\Cl)COc1ccc(CC(C)N)cc1F. The molecule has 0 saturated heterocycles. The third-order valence-corrected chi connectivity index (χ3v) is 2.57. The highest BCUT2D eigenvalue weighted by atomic mass is 35.5. The van der Waals surface area contributed by atoms with Crippen LogP contribution >= 0.6 is 11.6 Å². The van der Waals surface area contributed by atoms with Crippen molar-refractivity contribution in [1.29, 1.82) is 0 Å². The quantitative estimate of drug-likeness (QED) is 0.879. The zero-order valence-electron chi connectivity index (χ0n) is 10.0. The molecule has 1 atom stereocenters. The van der Waals surface area contributed by atoms with Gasteiger partial charge in [-0.25, -0.2) is 4.39 Å². The Morgan fingerprint density at radius 2 is 2.29 bits per heavy atom. The Morgan fingerprint density at radius 1 is 1.59 bits per heavy atom. The number of ether oxygens (including phenoxy) is 1. The van der Waals surface area contributed by atoms with Gasteiger partial charge in [-0.1, -0.05) is 17.7 Å². The van der Waals surface area contributed by atoms with Crippen LogP contribution in [-0.2, 0) is 6.42 Å². The number of hydrogen-bond acceptors (Lipinski definition) is 2. The summed E-state index contributed by atoms with van der Waals surface area (Å²) in [5, 5.41) is 0. The second-order valence-corrected chi connectivity index (χ2v) is 4.41. The predicted molar refractivity (Wildman–Crippen MR) is 68.9 cm³/mol. The molecule has 2 N–H and O–H groups in total. The number of hydrogen-bond donors (Lipinski definition) is 1. The van der Waals surface area contributed by atoms with Crippen LogP contribution in [0.25, 0.3) is 0 Å². The van der Waals surface area contributed by atoms with E-state index in [1.807, 2.05) is 19.9 Å². The predicted octanol–water partition coefficient (Wildman–Crippen LogP) is 3.24. The zero-order valence-corrected chi connectivity index (χ0v) is 10.8. The maximum Gasteiger partial charge on any atom is 0.165 e. The van der Waals surface area contributed by atoms with Gasteiger partial charge in [-0.3, -0.25) is 0 Å². The van der Waals surface area contributed by atoms with Crippen molar-refractivity contribution in [2.45, 2.75) is 26.3 Å². The molecule has 2 nitrogen and oxygen atoms in total. The van der Waals surface area contributed by atoms with Crippen LogP contribution < -0.4 is 10.5 Å². The first-order valence-corrected chi connectivity index (χ1v) is 5.89. The van der Waals surface area contributed by atoms with E-state index in [9.17, 15) is 4.39 Å². The van der Waals surface area contributed by atoms with E-state index in [0.29, 0.717) is 6.42 Å². The zero-order chi connectivity index (χ0) is 12.8. The molecule has 0 fully saturated rings. The molecule has 0 radical (unpaired) electrons. The lowest BCUT2D eigenvalue weighted by Crippen LogP contribution is -2.17. The van der Waals surface area contributed by atoms with Crippen molar-refractivity contribution < 1.29 is 9.13 Å². The Kier molecular flexibility index (Phi) is 5.45. The van der Waals surface area contributed by atoms with Gasteiger partial charge in [-0.05, 0) is 43.5 Å². The first kappa shape index (κ1) is 14.0. The van der Waals surface area contributed by atoms with Gasteiger partial charge in [-0.2, -0.15) is 0 Å². The van der Waals surface area contributed by atoms with Crippen LogP contribution in [0.1, 0.15) is 19.4 Å². The maximum absolute atomic E-state index is 13.6. The van der Waals surface area contributed by atoms with E-state index in [1.165, 1.54) is 11.6 Å². The summed E-state index contributed by atoms with van der Waals surface area (Å²) in [7, 11) is 0. The van der Waals surface area contributed by atoms with E-state index in [4.69, 9.17) is 22.1 Å².